The average molecular weight is 240 g/mol. The second-order valence-electron chi connectivity index (χ2n) is 4.42. The van der Waals surface area contributed by atoms with Crippen LogP contribution in [0.3, 0.4) is 0 Å². The third-order valence-electron chi connectivity index (χ3n) is 3.39. The van der Waals surface area contributed by atoms with Gasteiger partial charge in [0.2, 0.25) is 0 Å². The number of methoxy groups -OCH3 is 1. The molecular formula is C15H16N2O. The van der Waals surface area contributed by atoms with E-state index in [1.54, 1.807) is 7.11 Å². The lowest BCUT2D eigenvalue weighted by Crippen LogP contribution is -2.24. The SMILES string of the molecule is COc1cccnc1-c1cccc2c1CNCC2. The number of pyridine rings is 1. The number of benzene rings is 1. The zero-order valence-electron chi connectivity index (χ0n) is 10.4. The van der Waals surface area contributed by atoms with Gasteiger partial charge >= 0.3 is 0 Å². The zero-order chi connectivity index (χ0) is 12.4. The topological polar surface area (TPSA) is 34.1 Å². The summed E-state index contributed by atoms with van der Waals surface area (Å²) in [7, 11) is 1.69. The van der Waals surface area contributed by atoms with Gasteiger partial charge in [-0.05, 0) is 36.2 Å². The van der Waals surface area contributed by atoms with Crippen molar-refractivity contribution in [1.29, 1.82) is 0 Å². The Morgan fingerprint density at radius 1 is 1.22 bits per heavy atom. The van der Waals surface area contributed by atoms with Gasteiger partial charge in [-0.15, -0.1) is 0 Å². The predicted molar refractivity (Wildman–Crippen MR) is 71.6 cm³/mol. The lowest BCUT2D eigenvalue weighted by atomic mass is 9.94. The molecule has 1 aliphatic rings. The highest BCUT2D eigenvalue weighted by Gasteiger charge is 2.16. The normalized spacial score (nSPS) is 14.1. The van der Waals surface area contributed by atoms with Crippen molar-refractivity contribution in [3.05, 3.63) is 47.7 Å². The molecule has 0 saturated heterocycles. The van der Waals surface area contributed by atoms with Gasteiger partial charge in [-0.2, -0.15) is 0 Å². The average Bonchev–Trinajstić information content (AvgIpc) is 2.46. The molecule has 2 heterocycles. The largest absolute Gasteiger partial charge is 0.494 e. The maximum atomic E-state index is 5.41. The Morgan fingerprint density at radius 3 is 3.06 bits per heavy atom. The number of ether oxygens (including phenoxy) is 1. The number of nitrogens with one attached hydrogen (secondary N) is 1. The van der Waals surface area contributed by atoms with Crippen LogP contribution in [-0.2, 0) is 13.0 Å². The van der Waals surface area contributed by atoms with Crippen molar-refractivity contribution in [3.8, 4) is 17.0 Å². The Kier molecular flexibility index (Phi) is 2.99. The number of hydrogen-bond acceptors (Lipinski definition) is 3. The summed E-state index contributed by atoms with van der Waals surface area (Å²) in [5, 5.41) is 3.42. The quantitative estimate of drug-likeness (QED) is 0.875. The maximum absolute atomic E-state index is 5.41. The second-order valence-corrected chi connectivity index (χ2v) is 4.42. The molecule has 1 aromatic heterocycles. The Bertz CT molecular complexity index is 566. The molecule has 3 heteroatoms. The van der Waals surface area contributed by atoms with E-state index in [1.165, 1.54) is 16.7 Å². The standard InChI is InChI=1S/C15H16N2O/c1-18-14-6-3-8-17-15(14)12-5-2-4-11-7-9-16-10-13(11)12/h2-6,8,16H,7,9-10H2,1H3. The minimum Gasteiger partial charge on any atom is -0.494 e. The van der Waals surface area contributed by atoms with Crippen LogP contribution in [-0.4, -0.2) is 18.6 Å². The van der Waals surface area contributed by atoms with Gasteiger partial charge in [0.15, 0.2) is 0 Å². The molecule has 3 rings (SSSR count). The molecule has 0 atom stereocenters. The summed E-state index contributed by atoms with van der Waals surface area (Å²) < 4.78 is 5.41. The van der Waals surface area contributed by atoms with Crippen LogP contribution in [0.5, 0.6) is 5.75 Å². The number of nitrogens with zero attached hydrogens (tertiary/aromatic N) is 1. The third kappa shape index (κ3) is 1.87. The lowest BCUT2D eigenvalue weighted by Gasteiger charge is -2.20. The minimum absolute atomic E-state index is 0.830. The molecule has 2 aromatic rings. The van der Waals surface area contributed by atoms with Crippen LogP contribution in [0.1, 0.15) is 11.1 Å². The molecule has 0 saturated carbocycles. The first-order valence-electron chi connectivity index (χ1n) is 6.21. The highest BCUT2D eigenvalue weighted by atomic mass is 16.5. The number of aromatic nitrogens is 1. The monoisotopic (exact) mass is 240 g/mol. The Balaban J connectivity index is 2.17. The van der Waals surface area contributed by atoms with Crippen LogP contribution in [0.2, 0.25) is 0 Å². The van der Waals surface area contributed by atoms with E-state index in [9.17, 15) is 0 Å². The molecule has 0 radical (unpaired) electrons. The summed E-state index contributed by atoms with van der Waals surface area (Å²) in [5.41, 5.74) is 4.87. The van der Waals surface area contributed by atoms with E-state index in [4.69, 9.17) is 4.74 Å². The van der Waals surface area contributed by atoms with Gasteiger partial charge in [0, 0.05) is 18.3 Å². The van der Waals surface area contributed by atoms with Crippen molar-refractivity contribution >= 4 is 0 Å². The summed E-state index contributed by atoms with van der Waals surface area (Å²) in [6.45, 7) is 1.96. The summed E-state index contributed by atoms with van der Waals surface area (Å²) in [5.74, 6) is 0.830. The molecule has 0 bridgehead atoms. The number of rotatable bonds is 2. The van der Waals surface area contributed by atoms with Crippen LogP contribution < -0.4 is 10.1 Å². The fourth-order valence-electron chi connectivity index (χ4n) is 2.49. The van der Waals surface area contributed by atoms with Gasteiger partial charge in [-0.25, -0.2) is 0 Å². The van der Waals surface area contributed by atoms with Gasteiger partial charge in [-0.3, -0.25) is 4.98 Å². The van der Waals surface area contributed by atoms with Crippen molar-refractivity contribution in [1.82, 2.24) is 10.3 Å². The first-order valence-corrected chi connectivity index (χ1v) is 6.21. The smallest absolute Gasteiger partial charge is 0.145 e. The van der Waals surface area contributed by atoms with Crippen molar-refractivity contribution in [2.75, 3.05) is 13.7 Å². The van der Waals surface area contributed by atoms with Crippen LogP contribution in [0, 0.1) is 0 Å². The zero-order valence-corrected chi connectivity index (χ0v) is 10.4. The van der Waals surface area contributed by atoms with E-state index in [1.807, 2.05) is 18.3 Å². The van der Waals surface area contributed by atoms with Crippen molar-refractivity contribution in [3.63, 3.8) is 0 Å². The Morgan fingerprint density at radius 2 is 2.17 bits per heavy atom. The van der Waals surface area contributed by atoms with Gasteiger partial charge in [-0.1, -0.05) is 18.2 Å². The van der Waals surface area contributed by atoms with Crippen LogP contribution in [0.4, 0.5) is 0 Å². The van der Waals surface area contributed by atoms with Crippen molar-refractivity contribution < 1.29 is 4.74 Å². The van der Waals surface area contributed by atoms with Crippen LogP contribution >= 0.6 is 0 Å². The fourth-order valence-corrected chi connectivity index (χ4v) is 2.49. The van der Waals surface area contributed by atoms with Crippen LogP contribution in [0.15, 0.2) is 36.5 Å². The predicted octanol–water partition coefficient (Wildman–Crippen LogP) is 2.40. The molecule has 0 amide bonds. The minimum atomic E-state index is 0.830. The first-order chi connectivity index (χ1) is 8.90. The Hall–Kier alpha value is -1.87. The van der Waals surface area contributed by atoms with Gasteiger partial charge in [0.1, 0.15) is 11.4 Å². The van der Waals surface area contributed by atoms with Gasteiger partial charge in [0.25, 0.3) is 0 Å². The lowest BCUT2D eigenvalue weighted by molar-refractivity contribution is 0.414. The molecule has 0 unspecified atom stereocenters. The van der Waals surface area contributed by atoms with Crippen molar-refractivity contribution in [2.45, 2.75) is 13.0 Å². The maximum Gasteiger partial charge on any atom is 0.145 e. The van der Waals surface area contributed by atoms with Gasteiger partial charge in [0.05, 0.1) is 7.11 Å². The number of hydrogen-bond donors (Lipinski definition) is 1. The van der Waals surface area contributed by atoms with Gasteiger partial charge < -0.3 is 10.1 Å². The fraction of sp³-hybridized carbons (Fsp3) is 0.267. The molecule has 0 aliphatic carbocycles. The van der Waals surface area contributed by atoms with E-state index in [-0.39, 0.29) is 0 Å². The van der Waals surface area contributed by atoms with E-state index >= 15 is 0 Å². The molecule has 18 heavy (non-hydrogen) atoms. The highest BCUT2D eigenvalue weighted by Crippen LogP contribution is 2.32. The highest BCUT2D eigenvalue weighted by molar-refractivity contribution is 5.71. The summed E-state index contributed by atoms with van der Waals surface area (Å²) in [6.07, 6.45) is 2.89. The molecule has 1 aliphatic heterocycles. The molecule has 1 N–H and O–H groups in total. The summed E-state index contributed by atoms with van der Waals surface area (Å²) in [6, 6.07) is 10.3. The molecule has 0 spiro atoms. The molecule has 1 aromatic carbocycles. The van der Waals surface area contributed by atoms with E-state index < -0.39 is 0 Å². The summed E-state index contributed by atoms with van der Waals surface area (Å²) >= 11 is 0. The van der Waals surface area contributed by atoms with E-state index in [0.717, 1.165) is 31.0 Å². The Labute approximate surface area is 107 Å². The van der Waals surface area contributed by atoms with E-state index in [2.05, 4.69) is 28.5 Å². The third-order valence-corrected chi connectivity index (χ3v) is 3.39. The molecule has 0 fully saturated rings. The molecule has 92 valence electrons. The number of fused-ring (bicyclic) bond motifs is 1. The first kappa shape index (κ1) is 11.2. The molecule has 3 nitrogen and oxygen atoms in total. The van der Waals surface area contributed by atoms with Crippen LogP contribution in [0.25, 0.3) is 11.3 Å². The molecular weight excluding hydrogens is 224 g/mol. The van der Waals surface area contributed by atoms with Crippen molar-refractivity contribution in [2.24, 2.45) is 0 Å². The summed E-state index contributed by atoms with van der Waals surface area (Å²) in [4.78, 5) is 4.48. The second kappa shape index (κ2) is 4.78. The van der Waals surface area contributed by atoms with E-state index in [0.29, 0.717) is 0 Å².